The molecular formula is C11H25N. The molecule has 0 aliphatic rings. The van der Waals surface area contributed by atoms with Crippen LogP contribution in [0.1, 0.15) is 59.8 Å². The van der Waals surface area contributed by atoms with Gasteiger partial charge in [0, 0.05) is 12.1 Å². The first-order chi connectivity index (χ1) is 5.74. The third-order valence-corrected chi connectivity index (χ3v) is 2.53. The summed E-state index contributed by atoms with van der Waals surface area (Å²) in [5.74, 6) is 0. The van der Waals surface area contributed by atoms with Crippen molar-refractivity contribution in [3.8, 4) is 0 Å². The normalized spacial score (nSPS) is 16.0. The topological polar surface area (TPSA) is 12.0 Å². The van der Waals surface area contributed by atoms with Crippen molar-refractivity contribution in [2.75, 3.05) is 0 Å². The Kier molecular flexibility index (Phi) is 7.58. The Labute approximate surface area is 77.9 Å². The molecule has 1 heteroatoms. The van der Waals surface area contributed by atoms with E-state index in [4.69, 9.17) is 0 Å². The van der Waals surface area contributed by atoms with Crippen LogP contribution in [0.2, 0.25) is 0 Å². The minimum absolute atomic E-state index is 0.687. The van der Waals surface area contributed by atoms with E-state index in [0.717, 1.165) is 6.04 Å². The predicted molar refractivity (Wildman–Crippen MR) is 56.5 cm³/mol. The van der Waals surface area contributed by atoms with Gasteiger partial charge in [-0.25, -0.2) is 0 Å². The molecule has 0 aromatic carbocycles. The van der Waals surface area contributed by atoms with E-state index in [1.807, 2.05) is 0 Å². The number of hydrogen-bond donors (Lipinski definition) is 1. The molecule has 2 atom stereocenters. The smallest absolute Gasteiger partial charge is 0.00669 e. The van der Waals surface area contributed by atoms with Crippen molar-refractivity contribution >= 4 is 0 Å². The van der Waals surface area contributed by atoms with Gasteiger partial charge < -0.3 is 5.32 Å². The average Bonchev–Trinajstić information content (AvgIpc) is 2.11. The molecule has 0 aromatic heterocycles. The molecule has 1 nitrogen and oxygen atoms in total. The molecule has 0 aromatic rings. The summed E-state index contributed by atoms with van der Waals surface area (Å²) in [6, 6.07) is 1.44. The van der Waals surface area contributed by atoms with Crippen molar-refractivity contribution in [2.24, 2.45) is 0 Å². The third kappa shape index (κ3) is 5.59. The highest BCUT2D eigenvalue weighted by atomic mass is 14.9. The van der Waals surface area contributed by atoms with E-state index in [2.05, 4.69) is 33.0 Å². The predicted octanol–water partition coefficient (Wildman–Crippen LogP) is 3.34. The minimum atomic E-state index is 0.687. The second-order valence-corrected chi connectivity index (χ2v) is 3.72. The lowest BCUT2D eigenvalue weighted by atomic mass is 10.1. The molecular weight excluding hydrogens is 146 g/mol. The summed E-state index contributed by atoms with van der Waals surface area (Å²) in [5, 5.41) is 3.65. The fourth-order valence-electron chi connectivity index (χ4n) is 1.38. The van der Waals surface area contributed by atoms with Crippen molar-refractivity contribution < 1.29 is 0 Å². The fourth-order valence-corrected chi connectivity index (χ4v) is 1.38. The van der Waals surface area contributed by atoms with E-state index in [1.165, 1.54) is 32.1 Å². The molecule has 0 aliphatic carbocycles. The van der Waals surface area contributed by atoms with E-state index in [1.54, 1.807) is 0 Å². The zero-order valence-corrected chi connectivity index (χ0v) is 9.19. The first-order valence-electron chi connectivity index (χ1n) is 5.50. The van der Waals surface area contributed by atoms with Gasteiger partial charge >= 0.3 is 0 Å². The molecule has 0 amide bonds. The van der Waals surface area contributed by atoms with Gasteiger partial charge in [-0.1, -0.05) is 33.6 Å². The van der Waals surface area contributed by atoms with E-state index >= 15 is 0 Å². The third-order valence-electron chi connectivity index (χ3n) is 2.53. The Morgan fingerprint density at radius 2 is 1.75 bits per heavy atom. The first kappa shape index (κ1) is 12.0. The molecule has 0 saturated carbocycles. The molecule has 12 heavy (non-hydrogen) atoms. The lowest BCUT2D eigenvalue weighted by Gasteiger charge is -2.21. The van der Waals surface area contributed by atoms with Crippen LogP contribution in [0.15, 0.2) is 0 Å². The van der Waals surface area contributed by atoms with Crippen LogP contribution >= 0.6 is 0 Å². The molecule has 0 heterocycles. The van der Waals surface area contributed by atoms with Crippen molar-refractivity contribution in [1.82, 2.24) is 5.32 Å². The first-order valence-corrected chi connectivity index (χ1v) is 5.50. The highest BCUT2D eigenvalue weighted by Crippen LogP contribution is 2.05. The molecule has 0 spiro atoms. The molecule has 0 fully saturated rings. The van der Waals surface area contributed by atoms with E-state index < -0.39 is 0 Å². The maximum atomic E-state index is 3.65. The van der Waals surface area contributed by atoms with Crippen LogP contribution in [0.4, 0.5) is 0 Å². The number of hydrogen-bond acceptors (Lipinski definition) is 1. The fraction of sp³-hybridized carbons (Fsp3) is 1.00. The van der Waals surface area contributed by atoms with Crippen LogP contribution in [0.25, 0.3) is 0 Å². The largest absolute Gasteiger partial charge is 0.312 e. The monoisotopic (exact) mass is 171 g/mol. The van der Waals surface area contributed by atoms with Gasteiger partial charge in [0.1, 0.15) is 0 Å². The molecule has 0 saturated heterocycles. The lowest BCUT2D eigenvalue weighted by Crippen LogP contribution is -2.35. The Morgan fingerprint density at radius 1 is 1.08 bits per heavy atom. The van der Waals surface area contributed by atoms with Crippen molar-refractivity contribution in [3.63, 3.8) is 0 Å². The van der Waals surface area contributed by atoms with Crippen molar-refractivity contribution in [3.05, 3.63) is 0 Å². The molecule has 0 aliphatic heterocycles. The Balaban J connectivity index is 3.51. The van der Waals surface area contributed by atoms with Crippen LogP contribution in [-0.2, 0) is 0 Å². The highest BCUT2D eigenvalue weighted by molar-refractivity contribution is 4.68. The highest BCUT2D eigenvalue weighted by Gasteiger charge is 2.07. The van der Waals surface area contributed by atoms with Gasteiger partial charge in [0.05, 0.1) is 0 Å². The van der Waals surface area contributed by atoms with E-state index in [-0.39, 0.29) is 0 Å². The quantitative estimate of drug-likeness (QED) is 0.619. The summed E-state index contributed by atoms with van der Waals surface area (Å²) in [7, 11) is 0. The van der Waals surface area contributed by atoms with Gasteiger partial charge in [-0.05, 0) is 26.2 Å². The lowest BCUT2D eigenvalue weighted by molar-refractivity contribution is 0.398. The van der Waals surface area contributed by atoms with Crippen LogP contribution < -0.4 is 5.32 Å². The van der Waals surface area contributed by atoms with Crippen molar-refractivity contribution in [1.29, 1.82) is 0 Å². The SMILES string of the molecule is CCCCC(CC)NC(C)CC. The number of rotatable bonds is 7. The summed E-state index contributed by atoms with van der Waals surface area (Å²) in [6.07, 6.45) is 6.53. The number of unbranched alkanes of at least 4 members (excludes halogenated alkanes) is 1. The van der Waals surface area contributed by atoms with Gasteiger partial charge in [0.2, 0.25) is 0 Å². The summed E-state index contributed by atoms with van der Waals surface area (Å²) < 4.78 is 0. The van der Waals surface area contributed by atoms with Crippen LogP contribution in [-0.4, -0.2) is 12.1 Å². The standard InChI is InChI=1S/C11H25N/c1-5-8-9-11(7-3)12-10(4)6-2/h10-12H,5-9H2,1-4H3. The zero-order chi connectivity index (χ0) is 9.40. The van der Waals surface area contributed by atoms with Crippen LogP contribution in [0.3, 0.4) is 0 Å². The summed E-state index contributed by atoms with van der Waals surface area (Å²) in [5.41, 5.74) is 0. The molecule has 0 rings (SSSR count). The Morgan fingerprint density at radius 3 is 2.17 bits per heavy atom. The van der Waals surface area contributed by atoms with Crippen LogP contribution in [0.5, 0.6) is 0 Å². The summed E-state index contributed by atoms with van der Waals surface area (Å²) in [4.78, 5) is 0. The average molecular weight is 171 g/mol. The van der Waals surface area contributed by atoms with Gasteiger partial charge in [-0.2, -0.15) is 0 Å². The zero-order valence-electron chi connectivity index (χ0n) is 9.19. The van der Waals surface area contributed by atoms with Gasteiger partial charge in [-0.3, -0.25) is 0 Å². The van der Waals surface area contributed by atoms with E-state index in [9.17, 15) is 0 Å². The molecule has 1 N–H and O–H groups in total. The minimum Gasteiger partial charge on any atom is -0.312 e. The Bertz CT molecular complexity index is 91.0. The maximum Gasteiger partial charge on any atom is 0.00669 e. The molecule has 2 unspecified atom stereocenters. The van der Waals surface area contributed by atoms with Crippen molar-refractivity contribution in [2.45, 2.75) is 71.9 Å². The second-order valence-electron chi connectivity index (χ2n) is 3.72. The summed E-state index contributed by atoms with van der Waals surface area (Å²) in [6.45, 7) is 9.05. The van der Waals surface area contributed by atoms with Gasteiger partial charge in [-0.15, -0.1) is 0 Å². The maximum absolute atomic E-state index is 3.65. The Hall–Kier alpha value is -0.0400. The van der Waals surface area contributed by atoms with E-state index in [0.29, 0.717) is 6.04 Å². The molecule has 0 radical (unpaired) electrons. The number of nitrogens with one attached hydrogen (secondary N) is 1. The summed E-state index contributed by atoms with van der Waals surface area (Å²) >= 11 is 0. The van der Waals surface area contributed by atoms with Gasteiger partial charge in [0.15, 0.2) is 0 Å². The van der Waals surface area contributed by atoms with Crippen LogP contribution in [0, 0.1) is 0 Å². The molecule has 74 valence electrons. The second kappa shape index (κ2) is 7.60. The molecule has 0 bridgehead atoms. The van der Waals surface area contributed by atoms with Gasteiger partial charge in [0.25, 0.3) is 0 Å².